The van der Waals surface area contributed by atoms with E-state index in [4.69, 9.17) is 53.8 Å². The third-order valence-corrected chi connectivity index (χ3v) is 5.99. The van der Waals surface area contributed by atoms with Gasteiger partial charge in [-0.15, -0.1) is 20.2 Å². The first-order valence-electron chi connectivity index (χ1n) is 13.7. The Hall–Kier alpha value is -7.90. The van der Waals surface area contributed by atoms with Crippen LogP contribution < -0.4 is 33.4 Å². The van der Waals surface area contributed by atoms with E-state index in [1.54, 1.807) is 106 Å². The van der Waals surface area contributed by atoms with Crippen LogP contribution in [0.5, 0.6) is 0 Å². The molecule has 10 N–H and O–H groups in total. The minimum absolute atomic E-state index is 0.0153. The summed E-state index contributed by atoms with van der Waals surface area (Å²) < 4.78 is 5.29. The third-order valence-electron chi connectivity index (χ3n) is 5.99. The van der Waals surface area contributed by atoms with Gasteiger partial charge in [-0.05, 0) is 60.7 Å². The fraction of sp³-hybridized carbons (Fsp3) is 0. The predicted octanol–water partition coefficient (Wildman–Crippen LogP) is -1.02. The number of allylic oxidation sites excluding steroid dienone is 2. The van der Waals surface area contributed by atoms with Crippen molar-refractivity contribution < 1.29 is 39.0 Å². The second kappa shape index (κ2) is 18.3. The molecule has 50 heavy (non-hydrogen) atoms. The number of nitrogens with one attached hydrogen (secondary N) is 2. The van der Waals surface area contributed by atoms with Crippen molar-refractivity contribution in [3.63, 3.8) is 0 Å². The van der Waals surface area contributed by atoms with Crippen LogP contribution in [0.1, 0.15) is 11.4 Å². The second-order valence-electron chi connectivity index (χ2n) is 9.27. The summed E-state index contributed by atoms with van der Waals surface area (Å²) >= 11 is 0. The maximum absolute atomic E-state index is 11.1. The summed E-state index contributed by atoms with van der Waals surface area (Å²) in [5.74, 6) is 5.94. The third kappa shape index (κ3) is 11.2. The maximum Gasteiger partial charge on any atom is 0.403 e. The number of hydrogen-bond acceptors (Lipinski definition) is 12. The molecule has 4 aromatic rings. The van der Waals surface area contributed by atoms with E-state index in [0.29, 0.717) is 11.4 Å². The molecule has 2 heterocycles. The predicted molar refractivity (Wildman–Crippen MR) is 178 cm³/mol. The number of carbonyl (C=O) groups excluding carboxylic acids is 2. The molecule has 0 aliphatic heterocycles. The van der Waals surface area contributed by atoms with Crippen LogP contribution in [0.3, 0.4) is 0 Å². The van der Waals surface area contributed by atoms with E-state index < -0.39 is 21.8 Å². The highest BCUT2D eigenvalue weighted by Crippen LogP contribution is 2.25. The second-order valence-corrected chi connectivity index (χ2v) is 9.27. The van der Waals surface area contributed by atoms with Gasteiger partial charge in [0.15, 0.2) is 0 Å². The van der Waals surface area contributed by atoms with Crippen LogP contribution in [0.25, 0.3) is 23.5 Å². The van der Waals surface area contributed by atoms with E-state index in [9.17, 15) is 20.2 Å². The van der Waals surface area contributed by atoms with Gasteiger partial charge >= 0.3 is 11.9 Å². The van der Waals surface area contributed by atoms with E-state index in [0.717, 1.165) is 20.8 Å². The summed E-state index contributed by atoms with van der Waals surface area (Å²) in [5, 5.41) is 54.4. The fourth-order valence-electron chi connectivity index (χ4n) is 3.77. The molecule has 4 rings (SSSR count). The number of hydrogen-bond donors (Lipinski definition) is 6. The summed E-state index contributed by atoms with van der Waals surface area (Å²) in [4.78, 5) is 39.2. The molecule has 0 unspecified atom stereocenters. The van der Waals surface area contributed by atoms with Gasteiger partial charge in [-0.3, -0.25) is 43.4 Å². The molecule has 0 bridgehead atoms. The number of para-hydroxylation sites is 4. The lowest BCUT2D eigenvalue weighted by atomic mass is 10.2. The number of hydrazone groups is 2. The van der Waals surface area contributed by atoms with Gasteiger partial charge in [0.2, 0.25) is 0 Å². The first-order chi connectivity index (χ1) is 23.6. The van der Waals surface area contributed by atoms with Crippen LogP contribution in [0, 0.1) is 31.0 Å². The molecule has 20 nitrogen and oxygen atoms in total. The Kier molecular flexibility index (Phi) is 14.0. The lowest BCUT2D eigenvalue weighted by molar-refractivity contribution is -0.417. The number of aromatic nitrogens is 2. The van der Waals surface area contributed by atoms with Crippen LogP contribution >= 0.6 is 0 Å². The van der Waals surface area contributed by atoms with Crippen LogP contribution in [-0.2, 0) is 9.59 Å². The number of nitrogens with zero attached hydrogens (tertiary/aromatic N) is 6. The maximum atomic E-state index is 11.1. The molecule has 258 valence electrons. The van der Waals surface area contributed by atoms with Crippen molar-refractivity contribution in [2.75, 3.05) is 0 Å². The van der Waals surface area contributed by atoms with Crippen LogP contribution in [-0.4, -0.2) is 64.6 Å². The Morgan fingerprint density at radius 2 is 0.960 bits per heavy atom. The van der Waals surface area contributed by atoms with Crippen molar-refractivity contribution in [3.8, 4) is 11.4 Å². The zero-order valence-corrected chi connectivity index (χ0v) is 25.8. The normalized spacial score (nSPS) is 11.2. The van der Waals surface area contributed by atoms with Crippen molar-refractivity contribution in [3.05, 3.63) is 129 Å². The smallest absolute Gasteiger partial charge is 0.403 e. The van der Waals surface area contributed by atoms with Gasteiger partial charge in [0.1, 0.15) is 11.4 Å². The number of nitro benzene ring substituents is 2. The molecule has 0 spiro atoms. The van der Waals surface area contributed by atoms with E-state index >= 15 is 0 Å². The highest BCUT2D eigenvalue weighted by Gasteiger charge is 2.16. The number of hydrazine groups is 2. The standard InChI is InChI=1S/2C14H15N6O2.C2H2O4/c2*15-14(16)19(17)10-4-6-11-5-3-9-18(11)12-7-1-2-8-13(12)20(21)22;3-1(4)2(5)6/h2*1-10H,17H2,(H3,15,16);(H,3,4)(H,5,6)/q2*+1;/p-2. The number of carboxylic acid groups (broad SMARTS) is 2. The topological polar surface area (TPSA) is 334 Å². The molecule has 0 radical (unpaired) electrons. The van der Waals surface area contributed by atoms with Crippen molar-refractivity contribution in [1.82, 2.24) is 9.13 Å². The molecular weight excluding hydrogens is 656 g/mol. The lowest BCUT2D eigenvalue weighted by Gasteiger charge is -2.06. The molecule has 0 atom stereocenters. The molecule has 2 aromatic carbocycles. The molecule has 0 amide bonds. The van der Waals surface area contributed by atoms with Gasteiger partial charge in [-0.25, -0.2) is 0 Å². The average molecular weight is 687 g/mol. The Morgan fingerprint density at radius 3 is 1.26 bits per heavy atom. The Morgan fingerprint density at radius 1 is 0.620 bits per heavy atom. The monoisotopic (exact) mass is 686 g/mol. The van der Waals surface area contributed by atoms with Crippen LogP contribution in [0.15, 0.2) is 97.3 Å². The molecule has 20 heteroatoms. The average Bonchev–Trinajstić information content (AvgIpc) is 3.75. The summed E-state index contributed by atoms with van der Waals surface area (Å²) in [6.45, 7) is 0. The first kappa shape index (κ1) is 38.3. The van der Waals surface area contributed by atoms with Gasteiger partial charge in [0.05, 0.1) is 34.2 Å². The number of nitro groups is 2. The number of carboxylic acids is 2. The minimum atomic E-state index is -2.19. The molecule has 0 saturated carbocycles. The molecule has 0 fully saturated rings. The van der Waals surface area contributed by atoms with Crippen molar-refractivity contribution in [2.24, 2.45) is 23.2 Å². The number of carbonyl (C=O) groups is 2. The molecular formula is C30H30N12O8. The van der Waals surface area contributed by atoms with E-state index in [2.05, 4.69) is 0 Å². The number of rotatable bonds is 8. The largest absolute Gasteiger partial charge is 0.543 e. The van der Waals surface area contributed by atoms with E-state index in [-0.39, 0.29) is 23.3 Å². The van der Waals surface area contributed by atoms with E-state index in [1.807, 2.05) is 0 Å². The van der Waals surface area contributed by atoms with Crippen molar-refractivity contribution in [1.29, 1.82) is 10.8 Å². The summed E-state index contributed by atoms with van der Waals surface area (Å²) in [5.41, 5.74) is 12.8. The van der Waals surface area contributed by atoms with Gasteiger partial charge < -0.3 is 28.9 Å². The Bertz CT molecular complexity index is 1880. The van der Waals surface area contributed by atoms with Crippen molar-refractivity contribution in [2.45, 2.75) is 0 Å². The van der Waals surface area contributed by atoms with Gasteiger partial charge in [-0.1, -0.05) is 24.3 Å². The van der Waals surface area contributed by atoms with Crippen LogP contribution in [0.4, 0.5) is 11.4 Å². The Labute approximate surface area is 282 Å². The van der Waals surface area contributed by atoms with Crippen molar-refractivity contribution >= 4 is 59.8 Å². The summed E-state index contributed by atoms with van der Waals surface area (Å²) in [7, 11) is 0. The highest BCUT2D eigenvalue weighted by molar-refractivity contribution is 6.25. The van der Waals surface area contributed by atoms with Crippen LogP contribution in [0.2, 0.25) is 0 Å². The summed E-state index contributed by atoms with van der Waals surface area (Å²) in [6, 6.07) is 20.1. The minimum Gasteiger partial charge on any atom is -0.543 e. The highest BCUT2D eigenvalue weighted by atomic mass is 16.6. The number of guanidine groups is 2. The Balaban J connectivity index is 0.000000299. The summed E-state index contributed by atoms with van der Waals surface area (Å²) in [6.07, 6.45) is 12.9. The molecule has 0 aliphatic carbocycles. The first-order valence-corrected chi connectivity index (χ1v) is 13.7. The number of aliphatic carboxylic acids is 2. The number of benzene rings is 2. The van der Waals surface area contributed by atoms with E-state index in [1.165, 1.54) is 24.6 Å². The molecule has 2 aromatic heterocycles. The lowest BCUT2D eigenvalue weighted by Crippen LogP contribution is -2.42. The zero-order chi connectivity index (χ0) is 37.4. The molecule has 0 aliphatic rings. The van der Waals surface area contributed by atoms with Gasteiger partial charge in [0.25, 0.3) is 11.4 Å². The number of nitrogens with two attached hydrogens (primary N) is 4. The van der Waals surface area contributed by atoms with Gasteiger partial charge in [-0.2, -0.15) is 0 Å². The SMILES string of the molecule is N=C(N)[N+](N)=CC=Cc1cccn1-c1ccccc1[N+](=O)[O-].N=C(N)[N+](N)=CC=Cc1cccn1-c1ccccc1[N+](=O)[O-].O=C([O-])C(=O)[O-]. The van der Waals surface area contributed by atoms with Gasteiger partial charge in [0, 0.05) is 35.9 Å². The fourth-order valence-corrected chi connectivity index (χ4v) is 3.77. The quantitative estimate of drug-likeness (QED) is 0.0247. The molecule has 0 saturated heterocycles. The zero-order valence-electron chi connectivity index (χ0n) is 25.8.